The van der Waals surface area contributed by atoms with Gasteiger partial charge in [-0.2, -0.15) is 31.1 Å². The van der Waals surface area contributed by atoms with Gasteiger partial charge < -0.3 is 4.90 Å². The first-order valence-electron chi connectivity index (χ1n) is 8.18. The molecule has 0 unspecified atom stereocenters. The lowest BCUT2D eigenvalue weighted by atomic mass is 10.0. The first-order valence-corrected chi connectivity index (χ1v) is 8.18. The van der Waals surface area contributed by atoms with Crippen LogP contribution in [0.1, 0.15) is 22.3 Å². The molecule has 6 nitrogen and oxygen atoms in total. The summed E-state index contributed by atoms with van der Waals surface area (Å²) in [5.41, 5.74) is -2.28. The van der Waals surface area contributed by atoms with Gasteiger partial charge in [-0.1, -0.05) is 11.2 Å². The molecule has 0 aliphatic heterocycles. The Balaban J connectivity index is 2.00. The molecule has 0 amide bonds. The third-order valence-corrected chi connectivity index (χ3v) is 3.90. The van der Waals surface area contributed by atoms with E-state index < -0.39 is 23.5 Å². The third-order valence-electron chi connectivity index (χ3n) is 3.90. The Kier molecular flexibility index (Phi) is 5.44. The van der Waals surface area contributed by atoms with Crippen molar-refractivity contribution >= 4 is 5.95 Å². The summed E-state index contributed by atoms with van der Waals surface area (Å²) in [6.45, 7) is -0.190. The maximum Gasteiger partial charge on any atom is 0.416 e. The van der Waals surface area contributed by atoms with E-state index in [1.54, 1.807) is 12.1 Å². The topological polar surface area (TPSA) is 59.7 Å². The normalized spacial score (nSPS) is 12.2. The molecule has 0 saturated carbocycles. The van der Waals surface area contributed by atoms with Crippen molar-refractivity contribution < 1.29 is 26.3 Å². The van der Waals surface area contributed by atoms with E-state index >= 15 is 0 Å². The number of aromatic nitrogens is 5. The highest BCUT2D eigenvalue weighted by Gasteiger charge is 2.37. The van der Waals surface area contributed by atoms with E-state index in [9.17, 15) is 26.3 Å². The molecule has 154 valence electrons. The highest BCUT2D eigenvalue weighted by Crippen LogP contribution is 2.36. The van der Waals surface area contributed by atoms with E-state index in [2.05, 4.69) is 20.4 Å². The van der Waals surface area contributed by atoms with Crippen molar-refractivity contribution in [3.63, 3.8) is 0 Å². The standard InChI is InChI=1S/C17H14F6N6/c1-28-26-15(25-27-28)29(9-11-3-2-4-24-8-11)10-12-5-13(16(18,19)20)7-14(6-12)17(21,22)23/h2-8H,9-10H2,1H3. The lowest BCUT2D eigenvalue weighted by Crippen LogP contribution is -2.24. The monoisotopic (exact) mass is 416 g/mol. The zero-order chi connectivity index (χ0) is 21.2. The number of halogens is 6. The summed E-state index contributed by atoms with van der Waals surface area (Å²) in [6, 6.07) is 4.83. The van der Waals surface area contributed by atoms with Gasteiger partial charge >= 0.3 is 12.4 Å². The second kappa shape index (κ2) is 7.68. The number of tetrazole rings is 1. The fraction of sp³-hybridized carbons (Fsp3) is 0.294. The van der Waals surface area contributed by atoms with Crippen LogP contribution in [0, 0.1) is 0 Å². The van der Waals surface area contributed by atoms with Crippen LogP contribution in [0.15, 0.2) is 42.7 Å². The van der Waals surface area contributed by atoms with Gasteiger partial charge in [0.1, 0.15) is 0 Å². The summed E-state index contributed by atoms with van der Waals surface area (Å²) < 4.78 is 78.7. The van der Waals surface area contributed by atoms with E-state index in [0.717, 1.165) is 4.80 Å². The molecule has 3 aromatic rings. The molecule has 0 atom stereocenters. The lowest BCUT2D eigenvalue weighted by molar-refractivity contribution is -0.143. The maximum atomic E-state index is 13.1. The number of pyridine rings is 1. The number of hydrogen-bond acceptors (Lipinski definition) is 5. The number of anilines is 1. The number of hydrogen-bond donors (Lipinski definition) is 0. The van der Waals surface area contributed by atoms with Gasteiger partial charge in [0.15, 0.2) is 0 Å². The van der Waals surface area contributed by atoms with Crippen molar-refractivity contribution in [1.82, 2.24) is 25.2 Å². The zero-order valence-corrected chi connectivity index (χ0v) is 14.9. The summed E-state index contributed by atoms with van der Waals surface area (Å²) >= 11 is 0. The van der Waals surface area contributed by atoms with Crippen LogP contribution in [-0.2, 0) is 32.5 Å². The number of rotatable bonds is 5. The summed E-state index contributed by atoms with van der Waals surface area (Å²) in [4.78, 5) is 6.50. The van der Waals surface area contributed by atoms with Gasteiger partial charge in [0, 0.05) is 25.5 Å². The van der Waals surface area contributed by atoms with Crippen molar-refractivity contribution in [2.45, 2.75) is 25.4 Å². The Labute approximate surface area is 160 Å². The Hall–Kier alpha value is -3.18. The van der Waals surface area contributed by atoms with E-state index in [4.69, 9.17) is 0 Å². The molecule has 2 heterocycles. The molecule has 0 N–H and O–H groups in total. The lowest BCUT2D eigenvalue weighted by Gasteiger charge is -2.22. The van der Waals surface area contributed by atoms with Gasteiger partial charge in [-0.3, -0.25) is 4.98 Å². The van der Waals surface area contributed by atoms with Gasteiger partial charge in [0.2, 0.25) is 0 Å². The quantitative estimate of drug-likeness (QED) is 0.592. The Morgan fingerprint density at radius 2 is 1.55 bits per heavy atom. The van der Waals surface area contributed by atoms with E-state index in [1.165, 1.54) is 24.3 Å². The highest BCUT2D eigenvalue weighted by atomic mass is 19.4. The molecular weight excluding hydrogens is 402 g/mol. The van der Waals surface area contributed by atoms with Crippen LogP contribution < -0.4 is 4.90 Å². The van der Waals surface area contributed by atoms with Gasteiger partial charge in [0.25, 0.3) is 5.95 Å². The molecule has 0 spiro atoms. The molecule has 0 fully saturated rings. The van der Waals surface area contributed by atoms with Crippen molar-refractivity contribution in [3.05, 3.63) is 65.0 Å². The van der Waals surface area contributed by atoms with Crippen LogP contribution in [-0.4, -0.2) is 25.2 Å². The number of alkyl halides is 6. The second-order valence-corrected chi connectivity index (χ2v) is 6.21. The van der Waals surface area contributed by atoms with Crippen molar-refractivity contribution in [2.24, 2.45) is 7.05 Å². The number of nitrogens with zero attached hydrogens (tertiary/aromatic N) is 6. The minimum Gasteiger partial charge on any atom is -0.329 e. The van der Waals surface area contributed by atoms with Gasteiger partial charge in [-0.15, -0.1) is 5.10 Å². The molecule has 0 bridgehead atoms. The zero-order valence-electron chi connectivity index (χ0n) is 14.9. The molecular formula is C17H14F6N6. The molecule has 12 heteroatoms. The first kappa shape index (κ1) is 20.6. The van der Waals surface area contributed by atoms with E-state index in [1.807, 2.05) is 0 Å². The van der Waals surface area contributed by atoms with E-state index in [-0.39, 0.29) is 30.7 Å². The number of aryl methyl sites for hydroxylation is 1. The highest BCUT2D eigenvalue weighted by molar-refractivity contribution is 5.38. The largest absolute Gasteiger partial charge is 0.416 e. The smallest absolute Gasteiger partial charge is 0.329 e. The molecule has 0 aliphatic rings. The number of benzene rings is 1. The first-order chi connectivity index (χ1) is 13.5. The van der Waals surface area contributed by atoms with Crippen molar-refractivity contribution in [3.8, 4) is 0 Å². The molecule has 29 heavy (non-hydrogen) atoms. The second-order valence-electron chi connectivity index (χ2n) is 6.21. The third kappa shape index (κ3) is 5.21. The average Bonchev–Trinajstić information content (AvgIpc) is 3.07. The summed E-state index contributed by atoms with van der Waals surface area (Å²) in [5, 5.41) is 11.5. The van der Waals surface area contributed by atoms with Crippen molar-refractivity contribution in [2.75, 3.05) is 4.90 Å². The maximum absolute atomic E-state index is 13.1. The molecule has 0 saturated heterocycles. The molecule has 1 aromatic carbocycles. The van der Waals surface area contributed by atoms with Crippen LogP contribution in [0.2, 0.25) is 0 Å². The fourth-order valence-electron chi connectivity index (χ4n) is 2.64. The fourth-order valence-corrected chi connectivity index (χ4v) is 2.64. The Morgan fingerprint density at radius 3 is 2.03 bits per heavy atom. The Bertz CT molecular complexity index is 934. The molecule has 3 rings (SSSR count). The van der Waals surface area contributed by atoms with Crippen LogP contribution in [0.4, 0.5) is 32.3 Å². The van der Waals surface area contributed by atoms with E-state index in [0.29, 0.717) is 17.7 Å². The van der Waals surface area contributed by atoms with Crippen LogP contribution in [0.3, 0.4) is 0 Å². The summed E-state index contributed by atoms with van der Waals surface area (Å²) in [5.74, 6) is 0.0577. The summed E-state index contributed by atoms with van der Waals surface area (Å²) in [7, 11) is 1.49. The van der Waals surface area contributed by atoms with Gasteiger partial charge in [-0.05, 0) is 40.6 Å². The average molecular weight is 416 g/mol. The molecule has 0 radical (unpaired) electrons. The van der Waals surface area contributed by atoms with Gasteiger partial charge in [0.05, 0.1) is 18.2 Å². The molecule has 0 aliphatic carbocycles. The molecule has 2 aromatic heterocycles. The minimum atomic E-state index is -4.92. The summed E-state index contributed by atoms with van der Waals surface area (Å²) in [6.07, 6.45) is -6.78. The Morgan fingerprint density at radius 1 is 0.931 bits per heavy atom. The van der Waals surface area contributed by atoms with Gasteiger partial charge in [-0.25, -0.2) is 0 Å². The minimum absolute atomic E-state index is 0.0577. The predicted molar refractivity (Wildman–Crippen MR) is 89.4 cm³/mol. The SMILES string of the molecule is Cn1nnc(N(Cc2cccnc2)Cc2cc(C(F)(F)F)cc(C(F)(F)F)c2)n1. The van der Waals surface area contributed by atoms with Crippen LogP contribution >= 0.6 is 0 Å². The van der Waals surface area contributed by atoms with Crippen LogP contribution in [0.25, 0.3) is 0 Å². The predicted octanol–water partition coefficient (Wildman–Crippen LogP) is 3.85. The van der Waals surface area contributed by atoms with Crippen LogP contribution in [0.5, 0.6) is 0 Å². The van der Waals surface area contributed by atoms with Crippen molar-refractivity contribution in [1.29, 1.82) is 0 Å².